The molecule has 0 bridgehead atoms. The van der Waals surface area contributed by atoms with Gasteiger partial charge in [-0.25, -0.2) is 4.98 Å². The van der Waals surface area contributed by atoms with Crippen LogP contribution in [-0.4, -0.2) is 97.2 Å². The number of aliphatic hydroxyl groups is 1. The monoisotopic (exact) mass is 1030 g/mol. The number of phenols is 1. The highest BCUT2D eigenvalue weighted by molar-refractivity contribution is 7.13. The lowest BCUT2D eigenvalue weighted by molar-refractivity contribution is -0.144. The molecular weight excluding hydrogens is 953 g/mol. The number of unbranched alkanes of at least 4 members (excludes halogenated alkanes) is 10. The molecule has 6 rings (SSSR count). The molecule has 0 saturated carbocycles. The van der Waals surface area contributed by atoms with Crippen LogP contribution in [0.2, 0.25) is 0 Å². The number of para-hydroxylation sites is 1. The van der Waals surface area contributed by atoms with Crippen molar-refractivity contribution in [2.75, 3.05) is 25.9 Å². The molecule has 3 heterocycles. The molecule has 15 nitrogen and oxygen atoms in total. The molecule has 16 heteroatoms. The van der Waals surface area contributed by atoms with Gasteiger partial charge < -0.3 is 41.1 Å². The van der Waals surface area contributed by atoms with E-state index in [-0.39, 0.29) is 54.2 Å². The van der Waals surface area contributed by atoms with Crippen LogP contribution in [0.25, 0.3) is 21.7 Å². The molecule has 4 atom stereocenters. The molecule has 2 aromatic heterocycles. The van der Waals surface area contributed by atoms with Crippen LogP contribution in [0.15, 0.2) is 84.4 Å². The van der Waals surface area contributed by atoms with Crippen LogP contribution in [0.1, 0.15) is 146 Å². The van der Waals surface area contributed by atoms with Crippen LogP contribution >= 0.6 is 11.3 Å². The summed E-state index contributed by atoms with van der Waals surface area (Å²) in [6.45, 7) is 10.6. The van der Waals surface area contributed by atoms with Gasteiger partial charge in [-0.15, -0.1) is 21.5 Å². The number of nitrogen functional groups attached to an aromatic ring is 1. The van der Waals surface area contributed by atoms with Crippen molar-refractivity contribution in [3.8, 4) is 33.2 Å². The van der Waals surface area contributed by atoms with Crippen molar-refractivity contribution in [3.05, 3.63) is 107 Å². The van der Waals surface area contributed by atoms with Gasteiger partial charge in [0.15, 0.2) is 11.6 Å². The number of ether oxygens (including phenoxy) is 1. The van der Waals surface area contributed by atoms with Gasteiger partial charge in [0.05, 0.1) is 34.8 Å². The van der Waals surface area contributed by atoms with Crippen molar-refractivity contribution < 1.29 is 34.1 Å². The van der Waals surface area contributed by atoms with Gasteiger partial charge in [0.2, 0.25) is 23.6 Å². The second-order valence-electron chi connectivity index (χ2n) is 20.9. The molecule has 4 amide bonds. The SMILES string of the molecule is Cc1ncsc1-c1ccc([C@H](C)NC(=O)[C@@H]2C[C@@H](O)CN2C(=O)[C@@H](NC(=O)CCCCCCCCCCCCCC(=O)N(C)Cc2ccc(CCOc3cc(-c4ccccc4O)nnc3N)cc2)C(C)(C)C)cc1. The summed E-state index contributed by atoms with van der Waals surface area (Å²) in [6, 6.07) is 22.8. The first kappa shape index (κ1) is 56.9. The number of carbonyl (C=O) groups excluding carboxylic acids is 4. The summed E-state index contributed by atoms with van der Waals surface area (Å²) in [7, 11) is 1.86. The van der Waals surface area contributed by atoms with Crippen molar-refractivity contribution in [2.24, 2.45) is 5.41 Å². The zero-order valence-corrected chi connectivity index (χ0v) is 45.1. The number of phenolic OH excluding ortho intramolecular Hbond substituents is 1. The Labute approximate surface area is 441 Å². The standard InChI is InChI=1S/C58H78N8O7S/c1-39(43-28-30-44(31-29-43)53-40(2)60-38-74-53)61-56(71)48-34-45(67)37-66(48)57(72)54(58(3,4)5)62-51(69)22-16-14-12-10-8-7-9-11-13-15-17-23-52(70)65(6)36-42-26-24-41(25-27-42)32-33-73-50-35-47(63-64-55(50)59)46-20-18-19-21-49(46)68/h18-21,24-31,35,38-39,45,48,54,67-68H,7-17,22-23,32-34,36-37H2,1-6H3,(H2,59,64)(H,61,71)(H,62,69)/t39-,45+,48-,54+/m0/s1. The average Bonchev–Trinajstić information content (AvgIpc) is 4.00. The van der Waals surface area contributed by atoms with Gasteiger partial charge >= 0.3 is 0 Å². The molecule has 6 N–H and O–H groups in total. The summed E-state index contributed by atoms with van der Waals surface area (Å²) >= 11 is 1.59. The minimum Gasteiger partial charge on any atom is -0.507 e. The Morgan fingerprint density at radius 1 is 0.851 bits per heavy atom. The van der Waals surface area contributed by atoms with Gasteiger partial charge in [-0.3, -0.25) is 19.2 Å². The predicted octanol–water partition coefficient (Wildman–Crippen LogP) is 9.88. The third-order valence-electron chi connectivity index (χ3n) is 13.8. The number of carbonyl (C=O) groups is 4. The van der Waals surface area contributed by atoms with E-state index < -0.39 is 23.6 Å². The summed E-state index contributed by atoms with van der Waals surface area (Å²) in [5, 5.41) is 35.0. The molecule has 0 aliphatic carbocycles. The number of β-amino-alcohol motifs (C(OH)–C–C–N with tert-alkyl or cyclic N) is 1. The van der Waals surface area contributed by atoms with Crippen LogP contribution in [-0.2, 0) is 32.1 Å². The quantitative estimate of drug-likeness (QED) is 0.0312. The number of benzene rings is 3. The third kappa shape index (κ3) is 16.8. The van der Waals surface area contributed by atoms with Crippen molar-refractivity contribution in [1.29, 1.82) is 0 Å². The van der Waals surface area contributed by atoms with Crippen molar-refractivity contribution in [3.63, 3.8) is 0 Å². The van der Waals surface area contributed by atoms with Gasteiger partial charge in [-0.05, 0) is 66.5 Å². The number of aromatic nitrogens is 3. The molecule has 74 heavy (non-hydrogen) atoms. The van der Waals surface area contributed by atoms with E-state index in [4.69, 9.17) is 10.5 Å². The normalized spacial score (nSPS) is 15.4. The number of hydrogen-bond donors (Lipinski definition) is 5. The number of amides is 4. The number of nitrogens with zero attached hydrogens (tertiary/aromatic N) is 5. The first-order valence-electron chi connectivity index (χ1n) is 26.4. The number of aromatic hydroxyl groups is 1. The molecular formula is C58H78N8O7S. The highest BCUT2D eigenvalue weighted by Gasteiger charge is 2.44. The van der Waals surface area contributed by atoms with Crippen molar-refractivity contribution in [1.82, 2.24) is 35.6 Å². The van der Waals surface area contributed by atoms with Crippen LogP contribution in [0.3, 0.4) is 0 Å². The highest BCUT2D eigenvalue weighted by atomic mass is 32.1. The zero-order valence-electron chi connectivity index (χ0n) is 44.3. The Kier molecular flexibility index (Phi) is 21.4. The first-order valence-corrected chi connectivity index (χ1v) is 27.3. The minimum absolute atomic E-state index is 0.0329. The fourth-order valence-electron chi connectivity index (χ4n) is 9.37. The van der Waals surface area contributed by atoms with Gasteiger partial charge in [0.25, 0.3) is 0 Å². The number of aliphatic hydroxyl groups excluding tert-OH is 1. The maximum atomic E-state index is 14.1. The summed E-state index contributed by atoms with van der Waals surface area (Å²) in [4.78, 5) is 62.5. The minimum atomic E-state index is -0.847. The zero-order chi connectivity index (χ0) is 53.2. The maximum absolute atomic E-state index is 14.1. The van der Waals surface area contributed by atoms with Crippen LogP contribution in [0, 0.1) is 12.3 Å². The topological polar surface area (TPSA) is 213 Å². The van der Waals surface area contributed by atoms with Crippen LogP contribution in [0.5, 0.6) is 11.5 Å². The molecule has 398 valence electrons. The van der Waals surface area contributed by atoms with E-state index >= 15 is 0 Å². The molecule has 0 radical (unpaired) electrons. The van der Waals surface area contributed by atoms with Crippen molar-refractivity contribution >= 4 is 40.8 Å². The van der Waals surface area contributed by atoms with E-state index in [1.807, 2.05) is 102 Å². The Morgan fingerprint density at radius 2 is 1.47 bits per heavy atom. The Hall–Kier alpha value is -6.39. The van der Waals surface area contributed by atoms with E-state index in [0.717, 1.165) is 90.6 Å². The molecule has 1 saturated heterocycles. The molecule has 3 aromatic carbocycles. The molecule has 1 fully saturated rings. The van der Waals surface area contributed by atoms with E-state index in [1.165, 1.54) is 17.7 Å². The summed E-state index contributed by atoms with van der Waals surface area (Å²) in [6.07, 6.45) is 12.4. The van der Waals surface area contributed by atoms with Gasteiger partial charge in [-0.2, -0.15) is 0 Å². The van der Waals surface area contributed by atoms with Gasteiger partial charge in [0.1, 0.15) is 23.5 Å². The van der Waals surface area contributed by atoms with E-state index in [1.54, 1.807) is 40.5 Å². The van der Waals surface area contributed by atoms with E-state index in [9.17, 15) is 29.4 Å². The van der Waals surface area contributed by atoms with Crippen LogP contribution < -0.4 is 21.1 Å². The number of thiazole rings is 1. The third-order valence-corrected chi connectivity index (χ3v) is 14.8. The Balaban J connectivity index is 0.788. The fraction of sp³-hybridized carbons (Fsp3) is 0.500. The molecule has 0 spiro atoms. The number of anilines is 1. The predicted molar refractivity (Wildman–Crippen MR) is 292 cm³/mol. The molecule has 1 aliphatic rings. The van der Waals surface area contributed by atoms with Gasteiger partial charge in [0, 0.05) is 57.5 Å². The molecule has 0 unspecified atom stereocenters. The Morgan fingerprint density at radius 3 is 2.09 bits per heavy atom. The lowest BCUT2D eigenvalue weighted by Crippen LogP contribution is -2.57. The van der Waals surface area contributed by atoms with Gasteiger partial charge in [-0.1, -0.05) is 139 Å². The lowest BCUT2D eigenvalue weighted by Gasteiger charge is -2.35. The van der Waals surface area contributed by atoms with Crippen LogP contribution in [0.4, 0.5) is 5.82 Å². The van der Waals surface area contributed by atoms with Crippen molar-refractivity contribution in [2.45, 2.75) is 162 Å². The fourth-order valence-corrected chi connectivity index (χ4v) is 10.2. The van der Waals surface area contributed by atoms with E-state index in [2.05, 4.69) is 25.8 Å². The maximum Gasteiger partial charge on any atom is 0.246 e. The average molecular weight is 1030 g/mol. The number of hydrogen-bond acceptors (Lipinski definition) is 12. The first-order chi connectivity index (χ1) is 35.5. The number of nitrogens with one attached hydrogen (secondary N) is 2. The lowest BCUT2D eigenvalue weighted by atomic mass is 9.85. The summed E-state index contributed by atoms with van der Waals surface area (Å²) in [5.41, 5.74) is 13.4. The van der Waals surface area contributed by atoms with E-state index in [0.29, 0.717) is 49.4 Å². The number of likely N-dealkylation sites (tertiary alicyclic amines) is 1. The number of nitrogens with two attached hydrogens (primary N) is 1. The summed E-state index contributed by atoms with van der Waals surface area (Å²) < 4.78 is 5.94. The Bertz CT molecular complexity index is 2600. The largest absolute Gasteiger partial charge is 0.507 e. The second-order valence-corrected chi connectivity index (χ2v) is 21.8. The number of rotatable bonds is 27. The summed E-state index contributed by atoms with van der Waals surface area (Å²) in [5.74, 6) is -0.0181. The molecule has 1 aliphatic heterocycles. The smallest absolute Gasteiger partial charge is 0.246 e. The second kappa shape index (κ2) is 27.8. The number of aryl methyl sites for hydroxylation is 1. The molecule has 5 aromatic rings. The highest BCUT2D eigenvalue weighted by Crippen LogP contribution is 2.32.